The molecule has 1 N–H and O–H groups in total. The smallest absolute Gasteiger partial charge is 0.320 e. The van der Waals surface area contributed by atoms with E-state index in [0.717, 1.165) is 30.6 Å². The minimum absolute atomic E-state index is 0.263. The highest BCUT2D eigenvalue weighted by Crippen LogP contribution is 2.64. The van der Waals surface area contributed by atoms with E-state index in [9.17, 15) is 14.3 Å². The van der Waals surface area contributed by atoms with E-state index in [0.29, 0.717) is 0 Å². The molecule has 0 radical (unpaired) electrons. The fraction of sp³-hybridized carbons (Fsp3) is 0.533. The highest BCUT2D eigenvalue weighted by atomic mass is 32.2. The molecule has 0 saturated heterocycles. The Labute approximate surface area is 116 Å². The Morgan fingerprint density at radius 3 is 2.53 bits per heavy atom. The van der Waals surface area contributed by atoms with E-state index in [1.54, 1.807) is 12.1 Å². The molecule has 3 rings (SSSR count). The van der Waals surface area contributed by atoms with E-state index in [4.69, 9.17) is 0 Å². The number of hydrogen-bond acceptors (Lipinski definition) is 2. The van der Waals surface area contributed by atoms with Gasteiger partial charge in [0, 0.05) is 4.90 Å². The molecule has 2 saturated carbocycles. The lowest BCUT2D eigenvalue weighted by Gasteiger charge is -2.52. The van der Waals surface area contributed by atoms with Crippen molar-refractivity contribution >= 4 is 17.7 Å². The van der Waals surface area contributed by atoms with Crippen LogP contribution in [0.5, 0.6) is 0 Å². The molecular formula is C15H17FO2S. The van der Waals surface area contributed by atoms with E-state index in [1.165, 1.54) is 36.7 Å². The number of rotatable bonds is 3. The van der Waals surface area contributed by atoms with Gasteiger partial charge in [0.1, 0.15) is 10.6 Å². The number of aliphatic carboxylic acids is 1. The lowest BCUT2D eigenvalue weighted by atomic mass is 9.60. The van der Waals surface area contributed by atoms with E-state index < -0.39 is 10.7 Å². The van der Waals surface area contributed by atoms with E-state index in [-0.39, 0.29) is 11.2 Å². The molecule has 102 valence electrons. The summed E-state index contributed by atoms with van der Waals surface area (Å²) in [5.74, 6) is -1.06. The van der Waals surface area contributed by atoms with Crippen LogP contribution in [0.3, 0.4) is 0 Å². The second kappa shape index (κ2) is 4.51. The van der Waals surface area contributed by atoms with Crippen LogP contribution in [0.15, 0.2) is 29.2 Å². The molecule has 0 heterocycles. The number of benzene rings is 1. The summed E-state index contributed by atoms with van der Waals surface area (Å²) >= 11 is 1.32. The Hall–Kier alpha value is -1.03. The first-order chi connectivity index (χ1) is 9.04. The van der Waals surface area contributed by atoms with E-state index >= 15 is 0 Å². The van der Waals surface area contributed by atoms with Crippen LogP contribution in [-0.4, -0.2) is 15.8 Å². The first kappa shape index (κ1) is 13.0. The molecule has 0 atom stereocenters. The summed E-state index contributed by atoms with van der Waals surface area (Å²) in [5, 5.41) is 9.54. The van der Waals surface area contributed by atoms with Gasteiger partial charge in [-0.1, -0.05) is 18.9 Å². The third kappa shape index (κ3) is 2.27. The molecule has 0 aromatic heterocycles. The van der Waals surface area contributed by atoms with Crippen molar-refractivity contribution in [2.75, 3.05) is 0 Å². The Morgan fingerprint density at radius 2 is 1.95 bits per heavy atom. The average Bonchev–Trinajstić information content (AvgIpc) is 2.76. The first-order valence-corrected chi connectivity index (χ1v) is 7.53. The van der Waals surface area contributed by atoms with Crippen molar-refractivity contribution in [3.63, 3.8) is 0 Å². The van der Waals surface area contributed by atoms with Crippen molar-refractivity contribution < 1.29 is 14.3 Å². The monoisotopic (exact) mass is 280 g/mol. The summed E-state index contributed by atoms with van der Waals surface area (Å²) in [5.41, 5.74) is 0.263. The Bertz CT molecular complexity index is 501. The SMILES string of the molecule is O=C(O)C1(Sc2cccc(F)c2)CC2(CCCC2)C1. The molecule has 2 aliphatic carbocycles. The number of carboxylic acid groups (broad SMARTS) is 1. The van der Waals surface area contributed by atoms with Crippen molar-refractivity contribution in [3.8, 4) is 0 Å². The zero-order valence-corrected chi connectivity index (χ0v) is 11.5. The summed E-state index contributed by atoms with van der Waals surface area (Å²) in [6.45, 7) is 0. The highest BCUT2D eigenvalue weighted by molar-refractivity contribution is 8.01. The number of halogens is 1. The van der Waals surface area contributed by atoms with Gasteiger partial charge in [0.05, 0.1) is 0 Å². The van der Waals surface area contributed by atoms with Crippen molar-refractivity contribution in [1.29, 1.82) is 0 Å². The minimum Gasteiger partial charge on any atom is -0.480 e. The van der Waals surface area contributed by atoms with Crippen molar-refractivity contribution in [1.82, 2.24) is 0 Å². The van der Waals surface area contributed by atoms with Crippen LogP contribution < -0.4 is 0 Å². The molecule has 1 spiro atoms. The normalized spacial score (nSPS) is 23.2. The van der Waals surface area contributed by atoms with Gasteiger partial charge >= 0.3 is 5.97 Å². The number of carboxylic acids is 1. The molecule has 1 aromatic carbocycles. The summed E-state index contributed by atoms with van der Waals surface area (Å²) in [6, 6.07) is 6.24. The van der Waals surface area contributed by atoms with Gasteiger partial charge in [-0.2, -0.15) is 0 Å². The summed E-state index contributed by atoms with van der Waals surface area (Å²) in [6.07, 6.45) is 6.23. The third-order valence-electron chi connectivity index (χ3n) is 4.48. The molecule has 0 aliphatic heterocycles. The molecule has 19 heavy (non-hydrogen) atoms. The Kier molecular flexibility index (Phi) is 3.08. The maximum Gasteiger partial charge on any atom is 0.320 e. The number of hydrogen-bond donors (Lipinski definition) is 1. The molecule has 2 aliphatic rings. The molecule has 1 aromatic rings. The molecule has 0 bridgehead atoms. The molecule has 2 fully saturated rings. The largest absolute Gasteiger partial charge is 0.480 e. The van der Waals surface area contributed by atoms with Crippen LogP contribution in [0, 0.1) is 11.2 Å². The van der Waals surface area contributed by atoms with Gasteiger partial charge in [0.15, 0.2) is 0 Å². The standard InChI is InChI=1S/C15H17FO2S/c16-11-4-3-5-12(8-11)19-15(13(17)18)9-14(10-15)6-1-2-7-14/h3-5,8H,1-2,6-7,9-10H2,(H,17,18). The van der Waals surface area contributed by atoms with Gasteiger partial charge in [0.2, 0.25) is 0 Å². The lowest BCUT2D eigenvalue weighted by Crippen LogP contribution is -2.53. The third-order valence-corrected chi connectivity index (χ3v) is 5.83. The second-order valence-corrected chi connectivity index (χ2v) is 7.38. The van der Waals surface area contributed by atoms with Crippen LogP contribution in [0.1, 0.15) is 38.5 Å². The van der Waals surface area contributed by atoms with Gasteiger partial charge in [-0.05, 0) is 49.3 Å². The van der Waals surface area contributed by atoms with Gasteiger partial charge in [-0.3, -0.25) is 4.79 Å². The van der Waals surface area contributed by atoms with Crippen LogP contribution in [0.4, 0.5) is 4.39 Å². The maximum atomic E-state index is 13.2. The number of thioether (sulfide) groups is 1. The minimum atomic E-state index is -0.751. The average molecular weight is 280 g/mol. The van der Waals surface area contributed by atoms with Crippen molar-refractivity contribution in [2.24, 2.45) is 5.41 Å². The summed E-state index contributed by atoms with van der Waals surface area (Å²) in [4.78, 5) is 12.3. The molecule has 0 amide bonds. The Morgan fingerprint density at radius 1 is 1.26 bits per heavy atom. The van der Waals surface area contributed by atoms with Gasteiger partial charge in [-0.25, -0.2) is 4.39 Å². The first-order valence-electron chi connectivity index (χ1n) is 6.72. The molecule has 0 unspecified atom stereocenters. The van der Waals surface area contributed by atoms with Crippen LogP contribution in [0.25, 0.3) is 0 Å². The quantitative estimate of drug-likeness (QED) is 0.906. The molecular weight excluding hydrogens is 263 g/mol. The maximum absolute atomic E-state index is 13.2. The lowest BCUT2D eigenvalue weighted by molar-refractivity contribution is -0.146. The summed E-state index contributed by atoms with van der Waals surface area (Å²) in [7, 11) is 0. The molecule has 2 nitrogen and oxygen atoms in total. The van der Waals surface area contributed by atoms with E-state index in [2.05, 4.69) is 0 Å². The van der Waals surface area contributed by atoms with Crippen molar-refractivity contribution in [2.45, 2.75) is 48.2 Å². The predicted molar refractivity (Wildman–Crippen MR) is 72.8 cm³/mol. The van der Waals surface area contributed by atoms with Crippen LogP contribution >= 0.6 is 11.8 Å². The zero-order valence-electron chi connectivity index (χ0n) is 10.7. The fourth-order valence-electron chi connectivity index (χ4n) is 3.66. The van der Waals surface area contributed by atoms with Crippen molar-refractivity contribution in [3.05, 3.63) is 30.1 Å². The second-order valence-electron chi connectivity index (χ2n) is 5.92. The topological polar surface area (TPSA) is 37.3 Å². The predicted octanol–water partition coefficient (Wildman–Crippen LogP) is 4.10. The van der Waals surface area contributed by atoms with Gasteiger partial charge in [0.25, 0.3) is 0 Å². The number of carbonyl (C=O) groups is 1. The molecule has 4 heteroatoms. The van der Waals surface area contributed by atoms with Gasteiger partial charge < -0.3 is 5.11 Å². The fourth-order valence-corrected chi connectivity index (χ4v) is 5.27. The summed E-state index contributed by atoms with van der Waals surface area (Å²) < 4.78 is 12.5. The van der Waals surface area contributed by atoms with E-state index in [1.807, 2.05) is 0 Å². The Balaban J connectivity index is 1.78. The highest BCUT2D eigenvalue weighted by Gasteiger charge is 2.60. The van der Waals surface area contributed by atoms with Gasteiger partial charge in [-0.15, -0.1) is 11.8 Å². The zero-order chi connectivity index (χ0) is 13.5. The van der Waals surface area contributed by atoms with Crippen LogP contribution in [-0.2, 0) is 4.79 Å². The van der Waals surface area contributed by atoms with Crippen LogP contribution in [0.2, 0.25) is 0 Å².